The summed E-state index contributed by atoms with van der Waals surface area (Å²) < 4.78 is 12.9. The van der Waals surface area contributed by atoms with Crippen LogP contribution in [0.4, 0.5) is 5.82 Å². The van der Waals surface area contributed by atoms with E-state index in [1.54, 1.807) is 18.4 Å². The van der Waals surface area contributed by atoms with Crippen LogP contribution in [0, 0.1) is 5.92 Å². The van der Waals surface area contributed by atoms with Crippen LogP contribution in [0.25, 0.3) is 5.52 Å². The van der Waals surface area contributed by atoms with Crippen LogP contribution in [0.5, 0.6) is 0 Å². The van der Waals surface area contributed by atoms with Crippen molar-refractivity contribution >= 4 is 30.6 Å². The molecule has 1 fully saturated rings. The van der Waals surface area contributed by atoms with Crippen molar-refractivity contribution in [2.45, 2.75) is 38.9 Å². The third-order valence-corrected chi connectivity index (χ3v) is 3.96. The molecule has 0 bridgehead atoms. The molecule has 0 aromatic carbocycles. The first-order valence-electron chi connectivity index (χ1n) is 7.67. The maximum atomic E-state index is 11.5. The van der Waals surface area contributed by atoms with Gasteiger partial charge in [-0.1, -0.05) is 19.3 Å². The third kappa shape index (κ3) is 3.03. The average molecular weight is 314 g/mol. The largest absolute Gasteiger partial charge is 0.463 e. The van der Waals surface area contributed by atoms with Gasteiger partial charge in [0.2, 0.25) is 0 Å². The van der Waals surface area contributed by atoms with Crippen LogP contribution >= 0.6 is 0 Å². The monoisotopic (exact) mass is 314 g/mol. The zero-order valence-corrected chi connectivity index (χ0v) is 13.2. The Morgan fingerprint density at radius 2 is 2.35 bits per heavy atom. The Morgan fingerprint density at radius 1 is 1.57 bits per heavy atom. The smallest absolute Gasteiger partial charge is 0.308 e. The van der Waals surface area contributed by atoms with Crippen LogP contribution in [-0.4, -0.2) is 41.1 Å². The first-order valence-corrected chi connectivity index (χ1v) is 7.67. The predicted octanol–water partition coefficient (Wildman–Crippen LogP) is 0.525. The zero-order valence-electron chi connectivity index (χ0n) is 13.2. The quantitative estimate of drug-likeness (QED) is 0.653. The molecule has 2 radical (unpaired) electrons. The molecule has 2 N–H and O–H groups in total. The van der Waals surface area contributed by atoms with E-state index in [9.17, 15) is 4.79 Å². The van der Waals surface area contributed by atoms with E-state index in [0.29, 0.717) is 16.8 Å². The van der Waals surface area contributed by atoms with E-state index in [1.165, 1.54) is 6.33 Å². The summed E-state index contributed by atoms with van der Waals surface area (Å²) in [5, 5.41) is 4.21. The minimum atomic E-state index is -0.213. The maximum Gasteiger partial charge on any atom is 0.308 e. The molecule has 3 heterocycles. The van der Waals surface area contributed by atoms with Crippen LogP contribution < -0.4 is 11.2 Å². The molecule has 0 saturated carbocycles. The predicted molar refractivity (Wildman–Crippen MR) is 85.4 cm³/mol. The van der Waals surface area contributed by atoms with E-state index in [0.717, 1.165) is 18.5 Å². The Labute approximate surface area is 135 Å². The Bertz CT molecular complexity index is 731. The van der Waals surface area contributed by atoms with Crippen LogP contribution in [0.1, 0.15) is 38.5 Å². The van der Waals surface area contributed by atoms with E-state index in [2.05, 4.69) is 10.1 Å². The van der Waals surface area contributed by atoms with Crippen molar-refractivity contribution in [3.63, 3.8) is 0 Å². The van der Waals surface area contributed by atoms with Crippen LogP contribution in [-0.2, 0) is 14.3 Å². The molecule has 2 aromatic heterocycles. The fourth-order valence-electron chi connectivity index (χ4n) is 2.74. The van der Waals surface area contributed by atoms with Crippen molar-refractivity contribution in [3.05, 3.63) is 18.1 Å². The van der Waals surface area contributed by atoms with Crippen molar-refractivity contribution in [2.24, 2.45) is 5.92 Å². The second-order valence-electron chi connectivity index (χ2n) is 6.04. The number of rotatable bonds is 4. The Kier molecular flexibility index (Phi) is 4.25. The zero-order chi connectivity index (χ0) is 16.6. The van der Waals surface area contributed by atoms with Gasteiger partial charge in [0.1, 0.15) is 32.4 Å². The minimum absolute atomic E-state index is 0.117. The number of nitrogens with two attached hydrogens (primary N) is 1. The highest BCUT2D eigenvalue weighted by Crippen LogP contribution is 2.33. The topological polar surface area (TPSA) is 91.7 Å². The molecule has 0 aliphatic carbocycles. The molecule has 8 heteroatoms. The molecule has 1 aliphatic rings. The molecule has 2 atom stereocenters. The first kappa shape index (κ1) is 15.8. The third-order valence-electron chi connectivity index (χ3n) is 3.96. The van der Waals surface area contributed by atoms with Crippen molar-refractivity contribution in [3.8, 4) is 0 Å². The lowest BCUT2D eigenvalue weighted by molar-refractivity contribution is -0.151. The number of hydrogen-bond acceptors (Lipinski definition) is 6. The number of carbonyl (C=O) groups is 1. The fraction of sp³-hybridized carbons (Fsp3) is 0.533. The van der Waals surface area contributed by atoms with Gasteiger partial charge in [0.25, 0.3) is 0 Å². The molecular formula is C15H19BN4O3. The van der Waals surface area contributed by atoms with Crippen LogP contribution in [0.2, 0.25) is 0 Å². The van der Waals surface area contributed by atoms with Crippen molar-refractivity contribution < 1.29 is 14.3 Å². The van der Waals surface area contributed by atoms with E-state index in [4.69, 9.17) is 23.1 Å². The second kappa shape index (κ2) is 6.19. The fourth-order valence-corrected chi connectivity index (χ4v) is 2.74. The summed E-state index contributed by atoms with van der Waals surface area (Å²) in [4.78, 5) is 15.5. The number of esters is 1. The molecule has 2 aromatic rings. The molecule has 0 spiro atoms. The molecule has 1 saturated heterocycles. The number of fused-ring (bicyclic) bond motifs is 1. The van der Waals surface area contributed by atoms with Gasteiger partial charge in [-0.25, -0.2) is 9.50 Å². The molecule has 120 valence electrons. The number of aromatic nitrogens is 3. The highest BCUT2D eigenvalue weighted by molar-refractivity contribution is 6.37. The van der Waals surface area contributed by atoms with Gasteiger partial charge >= 0.3 is 5.97 Å². The Balaban J connectivity index is 1.72. The van der Waals surface area contributed by atoms with Gasteiger partial charge in [0.15, 0.2) is 5.82 Å². The number of anilines is 1. The van der Waals surface area contributed by atoms with Gasteiger partial charge in [-0.2, -0.15) is 5.10 Å². The summed E-state index contributed by atoms with van der Waals surface area (Å²) in [6.07, 6.45) is 2.73. The van der Waals surface area contributed by atoms with E-state index >= 15 is 0 Å². The number of nitrogens with zero attached hydrogens (tertiary/aromatic N) is 3. The number of ether oxygens (including phenoxy) is 2. The summed E-state index contributed by atoms with van der Waals surface area (Å²) >= 11 is 0. The number of carbonyl (C=O) groups excluding carboxylic acids is 1. The molecule has 7 nitrogen and oxygen atoms in total. The number of nitrogen functional groups attached to an aromatic ring is 1. The van der Waals surface area contributed by atoms with Crippen molar-refractivity contribution in [1.29, 1.82) is 0 Å². The van der Waals surface area contributed by atoms with Crippen LogP contribution in [0.15, 0.2) is 12.4 Å². The molecule has 2 unspecified atom stereocenters. The highest BCUT2D eigenvalue weighted by Gasteiger charge is 2.30. The van der Waals surface area contributed by atoms with Crippen molar-refractivity contribution in [2.75, 3.05) is 12.3 Å². The van der Waals surface area contributed by atoms with Gasteiger partial charge in [-0.15, -0.1) is 0 Å². The summed E-state index contributed by atoms with van der Waals surface area (Å²) in [5.74, 6) is -0.0136. The minimum Gasteiger partial charge on any atom is -0.463 e. The van der Waals surface area contributed by atoms with Gasteiger partial charge in [0.05, 0.1) is 17.7 Å². The van der Waals surface area contributed by atoms with Gasteiger partial charge in [-0.3, -0.25) is 4.79 Å². The summed E-state index contributed by atoms with van der Waals surface area (Å²) in [6.45, 7) is 3.88. The summed E-state index contributed by atoms with van der Waals surface area (Å²) in [6, 6.07) is 1.81. The molecular weight excluding hydrogens is 295 g/mol. The highest BCUT2D eigenvalue weighted by atomic mass is 16.6. The second-order valence-corrected chi connectivity index (χ2v) is 6.04. The first-order chi connectivity index (χ1) is 11.0. The lowest BCUT2D eigenvalue weighted by Gasteiger charge is -2.14. The molecule has 3 rings (SSSR count). The van der Waals surface area contributed by atoms with Crippen molar-refractivity contribution in [1.82, 2.24) is 14.6 Å². The van der Waals surface area contributed by atoms with Gasteiger partial charge < -0.3 is 15.2 Å². The van der Waals surface area contributed by atoms with Gasteiger partial charge in [-0.05, 0) is 18.9 Å². The van der Waals surface area contributed by atoms with Gasteiger partial charge in [0, 0.05) is 0 Å². The van der Waals surface area contributed by atoms with E-state index in [1.807, 2.05) is 6.07 Å². The summed E-state index contributed by atoms with van der Waals surface area (Å²) in [7, 11) is 6.01. The lowest BCUT2D eigenvalue weighted by Crippen LogP contribution is -2.21. The summed E-state index contributed by atoms with van der Waals surface area (Å²) in [5.41, 5.74) is 7.82. The van der Waals surface area contributed by atoms with E-state index in [-0.39, 0.29) is 30.7 Å². The molecule has 23 heavy (non-hydrogen) atoms. The number of hydrogen-bond donors (Lipinski definition) is 1. The molecule has 1 aliphatic heterocycles. The van der Waals surface area contributed by atoms with E-state index < -0.39 is 0 Å². The standard InChI is InChI=1S/C15H19BN4O3/c1-8(2)15(21)22-6-9-3-4-12(23-9)11-5-10(16)13-14(17)18-7-19-20(11)13/h5,7-9,12H,3-4,6H2,1-2H3,(H2,17,18,19). The normalized spacial score (nSPS) is 21.2. The Hall–Kier alpha value is -2.09. The molecule has 0 amide bonds. The lowest BCUT2D eigenvalue weighted by atomic mass is 9.97. The maximum absolute atomic E-state index is 11.5. The van der Waals surface area contributed by atoms with Crippen LogP contribution in [0.3, 0.4) is 0 Å². The Morgan fingerprint density at radius 3 is 3.09 bits per heavy atom. The SMILES string of the molecule is [B]c1cc(C2CCC(COC(=O)C(C)C)O2)n2ncnc(N)c12. The average Bonchev–Trinajstić information content (AvgIpc) is 3.10.